The molecule has 8 heteroatoms. The monoisotopic (exact) mass is 466 g/mol. The van der Waals surface area contributed by atoms with Gasteiger partial charge in [0.1, 0.15) is 5.82 Å². The summed E-state index contributed by atoms with van der Waals surface area (Å²) in [6.45, 7) is 7.73. The van der Waals surface area contributed by atoms with Gasteiger partial charge in [-0.1, -0.05) is 17.8 Å². The van der Waals surface area contributed by atoms with Crippen molar-refractivity contribution in [3.8, 4) is 5.69 Å². The molecule has 1 fully saturated rings. The quantitative estimate of drug-likeness (QED) is 0.401. The first kappa shape index (κ1) is 23.0. The van der Waals surface area contributed by atoms with Crippen LogP contribution in [0.4, 0.5) is 10.1 Å². The fourth-order valence-electron chi connectivity index (χ4n) is 3.87. The number of thioether (sulfide) groups is 1. The molecule has 1 aromatic heterocycles. The molecular weight excluding hydrogens is 439 g/mol. The van der Waals surface area contributed by atoms with Crippen LogP contribution in [0.25, 0.3) is 5.69 Å². The number of ketones is 1. The molecule has 4 rings (SSSR count). The second kappa shape index (κ2) is 9.79. The normalized spacial score (nSPS) is 13.9. The zero-order valence-electron chi connectivity index (χ0n) is 19.0. The van der Waals surface area contributed by atoms with Crippen LogP contribution in [0, 0.1) is 19.7 Å². The Morgan fingerprint density at radius 1 is 1.03 bits per heavy atom. The summed E-state index contributed by atoms with van der Waals surface area (Å²) in [5.74, 6) is -0.229. The summed E-state index contributed by atoms with van der Waals surface area (Å²) < 4.78 is 16.5. The SMILES string of the molecule is CC(=O)c1ccc(N2CCN(C(=O)CSc3nccn3-c3ccc(C)c(C)c3)CC2)c(F)c1. The molecule has 0 saturated carbocycles. The van der Waals surface area contributed by atoms with E-state index in [1.807, 2.05) is 20.6 Å². The summed E-state index contributed by atoms with van der Waals surface area (Å²) in [6.07, 6.45) is 3.65. The molecule has 1 saturated heterocycles. The smallest absolute Gasteiger partial charge is 0.233 e. The van der Waals surface area contributed by atoms with E-state index < -0.39 is 5.82 Å². The Kier molecular flexibility index (Phi) is 6.83. The standard InChI is InChI=1S/C25H27FN4O2S/c1-17-4-6-21(14-18(17)2)30-9-8-27-25(30)33-16-24(32)29-12-10-28(11-13-29)23-7-5-20(19(3)31)15-22(23)26/h4-9,14-15H,10-13,16H2,1-3H3. The van der Waals surface area contributed by atoms with Crippen LogP contribution in [0.2, 0.25) is 0 Å². The summed E-state index contributed by atoms with van der Waals surface area (Å²) in [5.41, 5.74) is 4.30. The number of aryl methyl sites for hydroxylation is 2. The van der Waals surface area contributed by atoms with E-state index in [0.29, 0.717) is 43.2 Å². The van der Waals surface area contributed by atoms with Gasteiger partial charge in [-0.15, -0.1) is 0 Å². The highest BCUT2D eigenvalue weighted by atomic mass is 32.2. The van der Waals surface area contributed by atoms with E-state index in [1.165, 1.54) is 35.9 Å². The van der Waals surface area contributed by atoms with Crippen molar-refractivity contribution in [3.05, 3.63) is 71.3 Å². The highest BCUT2D eigenvalue weighted by Gasteiger charge is 2.23. The number of benzene rings is 2. The minimum absolute atomic E-state index is 0.0432. The van der Waals surface area contributed by atoms with Crippen LogP contribution >= 0.6 is 11.8 Å². The molecule has 172 valence electrons. The number of anilines is 1. The third kappa shape index (κ3) is 5.11. The van der Waals surface area contributed by atoms with Crippen molar-refractivity contribution >= 4 is 29.1 Å². The molecule has 1 aliphatic rings. The predicted octanol–water partition coefficient (Wildman–Crippen LogP) is 4.27. The molecule has 6 nitrogen and oxygen atoms in total. The van der Waals surface area contributed by atoms with Gasteiger partial charge in [0.15, 0.2) is 10.9 Å². The summed E-state index contributed by atoms with van der Waals surface area (Å²) in [4.78, 5) is 32.4. The molecule has 0 unspecified atom stereocenters. The van der Waals surface area contributed by atoms with Crippen LogP contribution < -0.4 is 4.90 Å². The van der Waals surface area contributed by atoms with Crippen molar-refractivity contribution in [1.29, 1.82) is 0 Å². The molecule has 2 heterocycles. The predicted molar refractivity (Wildman–Crippen MR) is 129 cm³/mol. The van der Waals surface area contributed by atoms with Crippen molar-refractivity contribution in [2.24, 2.45) is 0 Å². The van der Waals surface area contributed by atoms with E-state index in [0.717, 1.165) is 10.8 Å². The molecule has 1 amide bonds. The number of nitrogens with zero attached hydrogens (tertiary/aromatic N) is 4. The van der Waals surface area contributed by atoms with Crippen LogP contribution in [0.3, 0.4) is 0 Å². The lowest BCUT2D eigenvalue weighted by Gasteiger charge is -2.36. The molecule has 0 radical (unpaired) electrons. The number of hydrogen-bond acceptors (Lipinski definition) is 5. The number of rotatable bonds is 6. The molecule has 0 atom stereocenters. The topological polar surface area (TPSA) is 58.4 Å². The lowest BCUT2D eigenvalue weighted by molar-refractivity contribution is -0.128. The van der Waals surface area contributed by atoms with Crippen molar-refractivity contribution in [1.82, 2.24) is 14.5 Å². The Morgan fingerprint density at radius 2 is 1.79 bits per heavy atom. The van der Waals surface area contributed by atoms with Gasteiger partial charge in [-0.05, 0) is 62.2 Å². The van der Waals surface area contributed by atoms with Crippen molar-refractivity contribution in [2.75, 3.05) is 36.8 Å². The van der Waals surface area contributed by atoms with Gasteiger partial charge in [-0.2, -0.15) is 0 Å². The Balaban J connectivity index is 1.34. The lowest BCUT2D eigenvalue weighted by Crippen LogP contribution is -2.49. The summed E-state index contributed by atoms with van der Waals surface area (Å²) in [5, 5.41) is 0.776. The molecule has 0 spiro atoms. The number of aromatic nitrogens is 2. The van der Waals surface area contributed by atoms with Crippen molar-refractivity contribution in [3.63, 3.8) is 0 Å². The zero-order valence-corrected chi connectivity index (χ0v) is 19.9. The third-order valence-corrected chi connectivity index (χ3v) is 6.98. The summed E-state index contributed by atoms with van der Waals surface area (Å²) in [7, 11) is 0. The molecule has 0 aliphatic carbocycles. The zero-order chi connectivity index (χ0) is 23.5. The van der Waals surface area contributed by atoms with E-state index in [1.54, 1.807) is 18.3 Å². The number of amides is 1. The maximum Gasteiger partial charge on any atom is 0.233 e. The fraction of sp³-hybridized carbons (Fsp3) is 0.320. The second-order valence-electron chi connectivity index (χ2n) is 8.23. The molecule has 2 aromatic carbocycles. The highest BCUT2D eigenvalue weighted by molar-refractivity contribution is 7.99. The van der Waals surface area contributed by atoms with Crippen LogP contribution in [-0.2, 0) is 4.79 Å². The Hall–Kier alpha value is -3.13. The lowest BCUT2D eigenvalue weighted by atomic mass is 10.1. The summed E-state index contributed by atoms with van der Waals surface area (Å²) >= 11 is 1.42. The fourth-order valence-corrected chi connectivity index (χ4v) is 4.74. The number of imidazole rings is 1. The van der Waals surface area contributed by atoms with E-state index >= 15 is 0 Å². The average Bonchev–Trinajstić information content (AvgIpc) is 3.28. The number of carbonyl (C=O) groups is 2. The molecular formula is C25H27FN4O2S. The van der Waals surface area contributed by atoms with Crippen LogP contribution in [-0.4, -0.2) is 58.1 Å². The van der Waals surface area contributed by atoms with Crippen molar-refractivity contribution < 1.29 is 14.0 Å². The van der Waals surface area contributed by atoms with E-state index in [9.17, 15) is 14.0 Å². The van der Waals surface area contributed by atoms with Gasteiger partial charge in [-0.25, -0.2) is 9.37 Å². The van der Waals surface area contributed by atoms with Crippen LogP contribution in [0.1, 0.15) is 28.4 Å². The van der Waals surface area contributed by atoms with Gasteiger partial charge in [0.05, 0.1) is 11.4 Å². The Labute approximate surface area is 197 Å². The molecule has 33 heavy (non-hydrogen) atoms. The van der Waals surface area contributed by atoms with E-state index in [2.05, 4.69) is 37.0 Å². The van der Waals surface area contributed by atoms with Gasteiger partial charge < -0.3 is 9.80 Å². The maximum atomic E-state index is 14.5. The van der Waals surface area contributed by atoms with Crippen LogP contribution in [0.5, 0.6) is 0 Å². The number of carbonyl (C=O) groups excluding carboxylic acids is 2. The number of Topliss-reactive ketones (excluding diaryl/α,β-unsaturated/α-hetero) is 1. The number of hydrogen-bond donors (Lipinski definition) is 0. The third-order valence-electron chi connectivity index (χ3n) is 6.03. The van der Waals surface area contributed by atoms with E-state index in [4.69, 9.17) is 0 Å². The number of halogens is 1. The first-order chi connectivity index (χ1) is 15.8. The molecule has 1 aliphatic heterocycles. The minimum atomic E-state index is -0.406. The van der Waals surface area contributed by atoms with Gasteiger partial charge in [0.25, 0.3) is 0 Å². The van der Waals surface area contributed by atoms with Gasteiger partial charge >= 0.3 is 0 Å². The summed E-state index contributed by atoms with van der Waals surface area (Å²) in [6, 6.07) is 10.8. The molecule has 0 N–H and O–H groups in total. The highest BCUT2D eigenvalue weighted by Crippen LogP contribution is 2.24. The maximum absolute atomic E-state index is 14.5. The first-order valence-corrected chi connectivity index (χ1v) is 11.9. The minimum Gasteiger partial charge on any atom is -0.366 e. The number of piperazine rings is 1. The largest absolute Gasteiger partial charge is 0.366 e. The van der Waals surface area contributed by atoms with Gasteiger partial charge in [0.2, 0.25) is 5.91 Å². The molecule has 0 bridgehead atoms. The second-order valence-corrected chi connectivity index (χ2v) is 9.17. The van der Waals surface area contributed by atoms with Crippen LogP contribution in [0.15, 0.2) is 53.9 Å². The van der Waals surface area contributed by atoms with Gasteiger partial charge in [-0.3, -0.25) is 14.2 Å². The molecule has 3 aromatic rings. The van der Waals surface area contributed by atoms with Gasteiger partial charge in [0, 0.05) is 49.8 Å². The first-order valence-electron chi connectivity index (χ1n) is 10.9. The average molecular weight is 467 g/mol. The Morgan fingerprint density at radius 3 is 2.45 bits per heavy atom. The van der Waals surface area contributed by atoms with E-state index in [-0.39, 0.29) is 11.7 Å². The van der Waals surface area contributed by atoms with Crippen molar-refractivity contribution in [2.45, 2.75) is 25.9 Å². The Bertz CT molecular complexity index is 1180.